The summed E-state index contributed by atoms with van der Waals surface area (Å²) in [6.07, 6.45) is 0. The second-order valence-electron chi connectivity index (χ2n) is 7.34. The fraction of sp³-hybridized carbons (Fsp3) is 0.364. The maximum atomic E-state index is 13.0. The van der Waals surface area contributed by atoms with Crippen LogP contribution in [-0.4, -0.2) is 54.9 Å². The van der Waals surface area contributed by atoms with Gasteiger partial charge in [0, 0.05) is 31.7 Å². The highest BCUT2D eigenvalue weighted by atomic mass is 35.5. The van der Waals surface area contributed by atoms with Gasteiger partial charge in [0.2, 0.25) is 5.91 Å². The van der Waals surface area contributed by atoms with Gasteiger partial charge in [-0.25, -0.2) is 0 Å². The van der Waals surface area contributed by atoms with Crippen molar-refractivity contribution >= 4 is 24.2 Å². The molecule has 2 aromatic rings. The Hall–Kier alpha value is -2.57. The van der Waals surface area contributed by atoms with E-state index in [1.54, 1.807) is 29.9 Å². The zero-order valence-electron chi connectivity index (χ0n) is 17.1. The number of ether oxygens (including phenoxy) is 1. The Bertz CT molecular complexity index is 863. The highest BCUT2D eigenvalue weighted by Crippen LogP contribution is 2.23. The van der Waals surface area contributed by atoms with Crippen molar-refractivity contribution in [1.82, 2.24) is 9.80 Å². The molecule has 156 valence electrons. The number of amides is 2. The van der Waals surface area contributed by atoms with E-state index < -0.39 is 5.54 Å². The zero-order valence-corrected chi connectivity index (χ0v) is 17.9. The van der Waals surface area contributed by atoms with Gasteiger partial charge in [-0.2, -0.15) is 0 Å². The Morgan fingerprint density at radius 1 is 1.00 bits per heavy atom. The van der Waals surface area contributed by atoms with Crippen LogP contribution in [0.3, 0.4) is 0 Å². The Morgan fingerprint density at radius 2 is 1.59 bits per heavy atom. The number of halogens is 1. The molecule has 1 saturated heterocycles. The average molecular weight is 418 g/mol. The number of carbonyl (C=O) groups is 2. The van der Waals surface area contributed by atoms with Crippen molar-refractivity contribution in [2.24, 2.45) is 5.73 Å². The first-order chi connectivity index (χ1) is 13.3. The molecule has 2 N–H and O–H groups in total. The van der Waals surface area contributed by atoms with Gasteiger partial charge in [0.25, 0.3) is 5.91 Å². The molecule has 0 radical (unpaired) electrons. The van der Waals surface area contributed by atoms with Crippen LogP contribution in [0.25, 0.3) is 0 Å². The molecule has 0 spiro atoms. The van der Waals surface area contributed by atoms with Gasteiger partial charge in [0.1, 0.15) is 11.3 Å². The van der Waals surface area contributed by atoms with E-state index in [-0.39, 0.29) is 24.2 Å². The lowest BCUT2D eigenvalue weighted by molar-refractivity contribution is -0.138. The van der Waals surface area contributed by atoms with Crippen LogP contribution in [0.2, 0.25) is 0 Å². The van der Waals surface area contributed by atoms with Crippen molar-refractivity contribution in [2.75, 3.05) is 33.3 Å². The SMILES string of the molecule is COc1cc(C(=O)N2CCN(C(=O)C(C)(N)c3ccccc3)CC2)ccc1C.Cl. The highest BCUT2D eigenvalue weighted by molar-refractivity contribution is 5.95. The van der Waals surface area contributed by atoms with Crippen LogP contribution in [0.1, 0.15) is 28.4 Å². The van der Waals surface area contributed by atoms with Gasteiger partial charge >= 0.3 is 0 Å². The third kappa shape index (κ3) is 4.71. The highest BCUT2D eigenvalue weighted by Gasteiger charge is 2.36. The van der Waals surface area contributed by atoms with Gasteiger partial charge in [-0.15, -0.1) is 12.4 Å². The minimum atomic E-state index is -1.09. The summed E-state index contributed by atoms with van der Waals surface area (Å²) < 4.78 is 5.31. The van der Waals surface area contributed by atoms with Crippen LogP contribution in [0.4, 0.5) is 0 Å². The number of carbonyl (C=O) groups excluding carboxylic acids is 2. The number of hydrogen-bond donors (Lipinski definition) is 1. The summed E-state index contributed by atoms with van der Waals surface area (Å²) in [5, 5.41) is 0. The molecular formula is C22H28ClN3O3. The van der Waals surface area contributed by atoms with Crippen molar-refractivity contribution in [1.29, 1.82) is 0 Å². The lowest BCUT2D eigenvalue weighted by Gasteiger charge is -2.38. The molecule has 1 aliphatic heterocycles. The summed E-state index contributed by atoms with van der Waals surface area (Å²) in [6, 6.07) is 14.8. The number of aryl methyl sites for hydroxylation is 1. The third-order valence-corrected chi connectivity index (χ3v) is 5.33. The molecule has 1 atom stereocenters. The van der Waals surface area contributed by atoms with Crippen molar-refractivity contribution < 1.29 is 14.3 Å². The van der Waals surface area contributed by atoms with Gasteiger partial charge in [-0.1, -0.05) is 36.4 Å². The summed E-state index contributed by atoms with van der Waals surface area (Å²) in [7, 11) is 1.59. The Kier molecular flexibility index (Phi) is 7.27. The molecule has 2 amide bonds. The second-order valence-corrected chi connectivity index (χ2v) is 7.34. The third-order valence-electron chi connectivity index (χ3n) is 5.33. The molecule has 2 aromatic carbocycles. The predicted molar refractivity (Wildman–Crippen MR) is 115 cm³/mol. The van der Waals surface area contributed by atoms with E-state index in [9.17, 15) is 9.59 Å². The quantitative estimate of drug-likeness (QED) is 0.829. The van der Waals surface area contributed by atoms with E-state index in [1.165, 1.54) is 0 Å². The van der Waals surface area contributed by atoms with Gasteiger partial charge in [-0.3, -0.25) is 9.59 Å². The minimum Gasteiger partial charge on any atom is -0.496 e. The van der Waals surface area contributed by atoms with Crippen LogP contribution in [-0.2, 0) is 10.3 Å². The number of methoxy groups -OCH3 is 1. The van der Waals surface area contributed by atoms with Crippen molar-refractivity contribution in [2.45, 2.75) is 19.4 Å². The molecule has 6 nitrogen and oxygen atoms in total. The fourth-order valence-corrected chi connectivity index (χ4v) is 3.48. The maximum Gasteiger partial charge on any atom is 0.254 e. The fourth-order valence-electron chi connectivity index (χ4n) is 3.48. The van der Waals surface area contributed by atoms with Crippen LogP contribution < -0.4 is 10.5 Å². The first kappa shape index (κ1) is 22.7. The first-order valence-electron chi connectivity index (χ1n) is 9.42. The van der Waals surface area contributed by atoms with E-state index in [4.69, 9.17) is 10.5 Å². The normalized spacial score (nSPS) is 15.9. The van der Waals surface area contributed by atoms with Gasteiger partial charge < -0.3 is 20.3 Å². The summed E-state index contributed by atoms with van der Waals surface area (Å²) in [6.45, 7) is 5.56. The summed E-state index contributed by atoms with van der Waals surface area (Å²) in [5.74, 6) is 0.521. The standard InChI is InChI=1S/C22H27N3O3.ClH/c1-16-9-10-17(15-19(16)28-3)20(26)24-11-13-25(14-12-24)21(27)22(2,23)18-7-5-4-6-8-18;/h4-10,15H,11-14,23H2,1-3H3;1H. The lowest BCUT2D eigenvalue weighted by Crippen LogP contribution is -2.57. The van der Waals surface area contributed by atoms with Gasteiger partial charge in [-0.05, 0) is 37.1 Å². The number of hydrogen-bond acceptors (Lipinski definition) is 4. The lowest BCUT2D eigenvalue weighted by atomic mass is 9.91. The van der Waals surface area contributed by atoms with Crippen molar-refractivity contribution in [3.8, 4) is 5.75 Å². The Labute approximate surface area is 178 Å². The van der Waals surface area contributed by atoms with Gasteiger partial charge in [0.05, 0.1) is 7.11 Å². The Morgan fingerprint density at radius 3 is 2.17 bits per heavy atom. The number of benzene rings is 2. The number of rotatable bonds is 4. The average Bonchev–Trinajstić information content (AvgIpc) is 2.73. The minimum absolute atomic E-state index is 0. The van der Waals surface area contributed by atoms with E-state index >= 15 is 0 Å². The van der Waals surface area contributed by atoms with E-state index in [1.807, 2.05) is 49.4 Å². The first-order valence-corrected chi connectivity index (χ1v) is 9.42. The second kappa shape index (κ2) is 9.29. The molecule has 1 fully saturated rings. The van der Waals surface area contributed by atoms with E-state index in [0.717, 1.165) is 11.1 Å². The molecule has 0 aromatic heterocycles. The van der Waals surface area contributed by atoms with E-state index in [2.05, 4.69) is 0 Å². The Balaban J connectivity index is 0.00000300. The molecule has 1 heterocycles. The van der Waals surface area contributed by atoms with Crippen molar-refractivity contribution in [3.63, 3.8) is 0 Å². The molecule has 3 rings (SSSR count). The van der Waals surface area contributed by atoms with Crippen LogP contribution in [0.15, 0.2) is 48.5 Å². The van der Waals surface area contributed by atoms with Gasteiger partial charge in [0.15, 0.2) is 0 Å². The monoisotopic (exact) mass is 417 g/mol. The van der Waals surface area contributed by atoms with Crippen molar-refractivity contribution in [3.05, 3.63) is 65.2 Å². The molecule has 1 unspecified atom stereocenters. The number of nitrogens with zero attached hydrogens (tertiary/aromatic N) is 2. The number of nitrogens with two attached hydrogens (primary N) is 1. The van der Waals surface area contributed by atoms with Crippen LogP contribution in [0.5, 0.6) is 5.75 Å². The molecule has 0 aliphatic carbocycles. The molecular weight excluding hydrogens is 390 g/mol. The summed E-state index contributed by atoms with van der Waals surface area (Å²) in [4.78, 5) is 29.3. The molecule has 7 heteroatoms. The predicted octanol–water partition coefficient (Wildman–Crippen LogP) is 2.58. The van der Waals surface area contributed by atoms with Crippen LogP contribution >= 0.6 is 12.4 Å². The molecule has 29 heavy (non-hydrogen) atoms. The smallest absolute Gasteiger partial charge is 0.254 e. The maximum absolute atomic E-state index is 13.0. The molecule has 1 aliphatic rings. The zero-order chi connectivity index (χ0) is 20.3. The topological polar surface area (TPSA) is 75.9 Å². The summed E-state index contributed by atoms with van der Waals surface area (Å²) in [5.41, 5.74) is 7.63. The van der Waals surface area contributed by atoms with Crippen LogP contribution in [0, 0.1) is 6.92 Å². The molecule has 0 bridgehead atoms. The number of piperazine rings is 1. The summed E-state index contributed by atoms with van der Waals surface area (Å²) >= 11 is 0. The largest absolute Gasteiger partial charge is 0.496 e. The molecule has 0 saturated carbocycles. The van der Waals surface area contributed by atoms with E-state index in [0.29, 0.717) is 37.5 Å².